The van der Waals surface area contributed by atoms with E-state index in [-0.39, 0.29) is 17.9 Å². The average Bonchev–Trinajstić information content (AvgIpc) is 3.04. The second-order valence-electron chi connectivity index (χ2n) is 6.32. The first-order valence-electron chi connectivity index (χ1n) is 8.06. The molecular formula is C17H19Cl2NO4. The number of nitrogens with zero attached hydrogens (tertiary/aromatic N) is 1. The van der Waals surface area contributed by atoms with Crippen LogP contribution in [0.15, 0.2) is 18.2 Å². The molecule has 1 unspecified atom stereocenters. The first kappa shape index (κ1) is 17.5. The Labute approximate surface area is 150 Å². The van der Waals surface area contributed by atoms with Gasteiger partial charge in [-0.2, -0.15) is 0 Å². The number of benzene rings is 1. The lowest BCUT2D eigenvalue weighted by atomic mass is 9.84. The Hall–Kier alpha value is -1.30. The molecule has 130 valence electrons. The van der Waals surface area contributed by atoms with Gasteiger partial charge in [0, 0.05) is 24.7 Å². The number of aliphatic carboxylic acids is 1. The van der Waals surface area contributed by atoms with Crippen LogP contribution < -0.4 is 0 Å². The Morgan fingerprint density at radius 1 is 1.17 bits per heavy atom. The molecule has 2 saturated heterocycles. The Bertz CT molecular complexity index is 643. The minimum atomic E-state index is -0.788. The van der Waals surface area contributed by atoms with E-state index in [4.69, 9.17) is 27.9 Å². The Morgan fingerprint density at radius 2 is 1.88 bits per heavy atom. The van der Waals surface area contributed by atoms with Crippen LogP contribution in [0, 0.1) is 11.8 Å². The maximum absolute atomic E-state index is 12.6. The molecule has 2 atom stereocenters. The molecule has 1 aromatic rings. The Morgan fingerprint density at radius 3 is 2.50 bits per heavy atom. The number of carboxylic acid groups (broad SMARTS) is 1. The highest BCUT2D eigenvalue weighted by molar-refractivity contribution is 6.36. The van der Waals surface area contributed by atoms with E-state index in [1.807, 2.05) is 0 Å². The van der Waals surface area contributed by atoms with Gasteiger partial charge in [0.05, 0.1) is 22.6 Å². The molecule has 0 aromatic heterocycles. The second kappa shape index (κ2) is 7.30. The third kappa shape index (κ3) is 3.53. The van der Waals surface area contributed by atoms with E-state index in [9.17, 15) is 14.7 Å². The van der Waals surface area contributed by atoms with Gasteiger partial charge in [0.1, 0.15) is 0 Å². The second-order valence-corrected chi connectivity index (χ2v) is 7.17. The molecule has 24 heavy (non-hydrogen) atoms. The lowest BCUT2D eigenvalue weighted by Crippen LogP contribution is -2.43. The minimum Gasteiger partial charge on any atom is -0.481 e. The van der Waals surface area contributed by atoms with Crippen LogP contribution in [0.25, 0.3) is 0 Å². The number of ether oxygens (including phenoxy) is 1. The van der Waals surface area contributed by atoms with Gasteiger partial charge in [-0.15, -0.1) is 0 Å². The number of carbonyl (C=O) groups is 2. The predicted molar refractivity (Wildman–Crippen MR) is 90.6 cm³/mol. The number of hydrogen-bond acceptors (Lipinski definition) is 3. The molecule has 3 rings (SSSR count). The molecule has 1 aromatic carbocycles. The van der Waals surface area contributed by atoms with Crippen LogP contribution in [0.5, 0.6) is 0 Å². The number of carboxylic acids is 1. The lowest BCUT2D eigenvalue weighted by Gasteiger charge is -2.35. The maximum Gasteiger partial charge on any atom is 0.309 e. The van der Waals surface area contributed by atoms with Gasteiger partial charge in [-0.25, -0.2) is 0 Å². The van der Waals surface area contributed by atoms with Gasteiger partial charge in [-0.1, -0.05) is 23.2 Å². The summed E-state index contributed by atoms with van der Waals surface area (Å²) in [7, 11) is 0. The topological polar surface area (TPSA) is 66.8 Å². The van der Waals surface area contributed by atoms with Gasteiger partial charge in [-0.3, -0.25) is 9.59 Å². The van der Waals surface area contributed by atoms with E-state index < -0.39 is 11.9 Å². The summed E-state index contributed by atoms with van der Waals surface area (Å²) in [6, 6.07) is 4.85. The molecule has 2 aliphatic rings. The van der Waals surface area contributed by atoms with E-state index >= 15 is 0 Å². The zero-order valence-electron chi connectivity index (χ0n) is 13.1. The fraction of sp³-hybridized carbons (Fsp3) is 0.529. The van der Waals surface area contributed by atoms with Gasteiger partial charge in [0.15, 0.2) is 0 Å². The summed E-state index contributed by atoms with van der Waals surface area (Å²) in [4.78, 5) is 25.7. The summed E-state index contributed by atoms with van der Waals surface area (Å²) in [5.41, 5.74) is 0.444. The van der Waals surface area contributed by atoms with Crippen molar-refractivity contribution < 1.29 is 19.4 Å². The molecule has 2 fully saturated rings. The summed E-state index contributed by atoms with van der Waals surface area (Å²) >= 11 is 12.0. The van der Waals surface area contributed by atoms with Gasteiger partial charge < -0.3 is 14.7 Å². The standard InChI is InChI=1S/C17H19Cl2NO4/c18-11-1-2-12(14(19)9-11)16(21)20-6-3-10(4-7-20)15-13(17(22)23)5-8-24-15/h1-2,9-10,13,15H,3-8H2,(H,22,23)/t13?,15-/m0/s1. The van der Waals surface area contributed by atoms with Crippen LogP contribution >= 0.6 is 23.2 Å². The molecule has 0 radical (unpaired) electrons. The predicted octanol–water partition coefficient (Wildman–Crippen LogP) is 3.34. The maximum atomic E-state index is 12.6. The summed E-state index contributed by atoms with van der Waals surface area (Å²) in [6.45, 7) is 1.66. The fourth-order valence-corrected chi connectivity index (χ4v) is 4.09. The van der Waals surface area contributed by atoms with Crippen molar-refractivity contribution in [1.82, 2.24) is 4.90 Å². The highest BCUT2D eigenvalue weighted by Crippen LogP contribution is 2.34. The summed E-state index contributed by atoms with van der Waals surface area (Å²) in [5, 5.41) is 10.1. The molecular weight excluding hydrogens is 353 g/mol. The van der Waals surface area contributed by atoms with Crippen molar-refractivity contribution in [2.24, 2.45) is 11.8 Å². The van der Waals surface area contributed by atoms with Gasteiger partial charge in [-0.05, 0) is 43.4 Å². The van der Waals surface area contributed by atoms with Gasteiger partial charge in [0.2, 0.25) is 0 Å². The van der Waals surface area contributed by atoms with Crippen LogP contribution in [0.3, 0.4) is 0 Å². The van der Waals surface area contributed by atoms with Crippen molar-refractivity contribution in [2.75, 3.05) is 19.7 Å². The number of piperidine rings is 1. The SMILES string of the molecule is O=C(O)C1CCO[C@H]1C1CCN(C(=O)c2ccc(Cl)cc2Cl)CC1. The summed E-state index contributed by atoms with van der Waals surface area (Å²) < 4.78 is 5.66. The molecule has 1 N–H and O–H groups in total. The molecule has 5 nitrogen and oxygen atoms in total. The van der Waals surface area contributed by atoms with E-state index in [0.29, 0.717) is 41.7 Å². The number of likely N-dealkylation sites (tertiary alicyclic amines) is 1. The molecule has 0 aliphatic carbocycles. The molecule has 7 heteroatoms. The normalized spacial score (nSPS) is 25.0. The molecule has 0 saturated carbocycles. The van der Waals surface area contributed by atoms with Crippen LogP contribution in [0.2, 0.25) is 10.0 Å². The molecule has 2 aliphatic heterocycles. The zero-order chi connectivity index (χ0) is 17.3. The highest BCUT2D eigenvalue weighted by atomic mass is 35.5. The largest absolute Gasteiger partial charge is 0.481 e. The Kier molecular flexibility index (Phi) is 5.33. The number of halogens is 2. The monoisotopic (exact) mass is 371 g/mol. The number of hydrogen-bond donors (Lipinski definition) is 1. The molecule has 2 heterocycles. The van der Waals surface area contributed by atoms with Crippen molar-refractivity contribution in [3.63, 3.8) is 0 Å². The number of rotatable bonds is 3. The van der Waals surface area contributed by atoms with E-state index in [0.717, 1.165) is 12.8 Å². The number of carbonyl (C=O) groups excluding carboxylic acids is 1. The van der Waals surface area contributed by atoms with Crippen LogP contribution in [0.1, 0.15) is 29.6 Å². The first-order valence-corrected chi connectivity index (χ1v) is 8.81. The van der Waals surface area contributed by atoms with Crippen LogP contribution in [-0.2, 0) is 9.53 Å². The third-order valence-electron chi connectivity index (χ3n) is 4.91. The van der Waals surface area contributed by atoms with E-state index in [1.165, 1.54) is 0 Å². The van der Waals surface area contributed by atoms with Crippen LogP contribution in [0.4, 0.5) is 0 Å². The minimum absolute atomic E-state index is 0.114. The van der Waals surface area contributed by atoms with Crippen molar-refractivity contribution in [3.8, 4) is 0 Å². The van der Waals surface area contributed by atoms with Crippen molar-refractivity contribution in [1.29, 1.82) is 0 Å². The van der Waals surface area contributed by atoms with Gasteiger partial charge in [0.25, 0.3) is 5.91 Å². The zero-order valence-corrected chi connectivity index (χ0v) is 14.6. The fourth-order valence-electron chi connectivity index (χ4n) is 3.60. The third-order valence-corrected chi connectivity index (χ3v) is 5.45. The summed E-state index contributed by atoms with van der Waals surface area (Å²) in [6.07, 6.45) is 1.81. The van der Waals surface area contributed by atoms with Gasteiger partial charge >= 0.3 is 5.97 Å². The van der Waals surface area contributed by atoms with Crippen molar-refractivity contribution >= 4 is 35.1 Å². The average molecular weight is 372 g/mol. The van der Waals surface area contributed by atoms with Crippen LogP contribution in [-0.4, -0.2) is 47.7 Å². The summed E-state index contributed by atoms with van der Waals surface area (Å²) in [5.74, 6) is -1.15. The van der Waals surface area contributed by atoms with E-state index in [2.05, 4.69) is 0 Å². The smallest absolute Gasteiger partial charge is 0.309 e. The number of amides is 1. The Balaban J connectivity index is 1.62. The molecule has 0 spiro atoms. The lowest BCUT2D eigenvalue weighted by molar-refractivity contribution is -0.145. The first-order chi connectivity index (χ1) is 11.5. The van der Waals surface area contributed by atoms with Crippen molar-refractivity contribution in [2.45, 2.75) is 25.4 Å². The molecule has 1 amide bonds. The van der Waals surface area contributed by atoms with Crippen molar-refractivity contribution in [3.05, 3.63) is 33.8 Å². The highest BCUT2D eigenvalue weighted by Gasteiger charge is 2.40. The quantitative estimate of drug-likeness (QED) is 0.884. The van der Waals surface area contributed by atoms with E-state index in [1.54, 1.807) is 23.1 Å². The molecule has 0 bridgehead atoms.